The van der Waals surface area contributed by atoms with E-state index in [1.165, 1.54) is 17.0 Å². The van der Waals surface area contributed by atoms with Crippen molar-refractivity contribution in [2.24, 2.45) is 0 Å². The van der Waals surface area contributed by atoms with Crippen molar-refractivity contribution in [1.29, 1.82) is 0 Å². The first-order valence-electron chi connectivity index (χ1n) is 9.91. The molecule has 2 aromatic carbocycles. The molecule has 1 fully saturated rings. The van der Waals surface area contributed by atoms with Gasteiger partial charge in [0.25, 0.3) is 5.91 Å². The molecule has 1 N–H and O–H groups in total. The summed E-state index contributed by atoms with van der Waals surface area (Å²) in [6.07, 6.45) is 3.92. The van der Waals surface area contributed by atoms with Gasteiger partial charge in [-0.2, -0.15) is 0 Å². The largest absolute Gasteiger partial charge is 0.451 e. The fourth-order valence-corrected chi connectivity index (χ4v) is 4.24. The van der Waals surface area contributed by atoms with E-state index < -0.39 is 0 Å². The number of aromatic amines is 1. The molecule has 0 unspecified atom stereocenters. The van der Waals surface area contributed by atoms with Gasteiger partial charge in [-0.25, -0.2) is 4.39 Å². The first-order chi connectivity index (χ1) is 14.2. The van der Waals surface area contributed by atoms with Gasteiger partial charge in [-0.1, -0.05) is 30.3 Å². The molecule has 3 heterocycles. The molecular formula is C24H21FN2O2. The maximum absolute atomic E-state index is 14.0. The highest BCUT2D eigenvalue weighted by molar-refractivity contribution is 5.92. The summed E-state index contributed by atoms with van der Waals surface area (Å²) in [5, 5.41) is 1.26. The van der Waals surface area contributed by atoms with Gasteiger partial charge in [0.1, 0.15) is 11.6 Å². The number of hydrogen-bond donors (Lipinski definition) is 1. The zero-order valence-electron chi connectivity index (χ0n) is 15.9. The van der Waals surface area contributed by atoms with E-state index in [4.69, 9.17) is 4.42 Å². The third-order valence-electron chi connectivity index (χ3n) is 5.80. The lowest BCUT2D eigenvalue weighted by Gasteiger charge is -2.31. The van der Waals surface area contributed by atoms with Gasteiger partial charge in [0, 0.05) is 30.2 Å². The molecule has 0 spiro atoms. The number of amides is 1. The molecule has 29 heavy (non-hydrogen) atoms. The number of likely N-dealkylation sites (tertiary alicyclic amines) is 1. The summed E-state index contributed by atoms with van der Waals surface area (Å²) in [6.45, 7) is 1.36. The van der Waals surface area contributed by atoms with Crippen molar-refractivity contribution in [1.82, 2.24) is 9.88 Å². The molecule has 146 valence electrons. The lowest BCUT2D eigenvalue weighted by molar-refractivity contribution is 0.0682. The van der Waals surface area contributed by atoms with E-state index in [-0.39, 0.29) is 17.5 Å². The van der Waals surface area contributed by atoms with Crippen LogP contribution >= 0.6 is 0 Å². The van der Waals surface area contributed by atoms with Crippen molar-refractivity contribution in [2.45, 2.75) is 18.8 Å². The summed E-state index contributed by atoms with van der Waals surface area (Å²) in [4.78, 5) is 18.0. The first-order valence-corrected chi connectivity index (χ1v) is 9.91. The van der Waals surface area contributed by atoms with Crippen LogP contribution in [0.5, 0.6) is 0 Å². The summed E-state index contributed by atoms with van der Waals surface area (Å²) in [5.74, 6) is 0.570. The Balaban J connectivity index is 1.29. The van der Waals surface area contributed by atoms with Crippen LogP contribution in [0.25, 0.3) is 22.2 Å². The van der Waals surface area contributed by atoms with Crippen LogP contribution in [-0.2, 0) is 0 Å². The average molecular weight is 388 g/mol. The number of H-pyrrole nitrogens is 1. The van der Waals surface area contributed by atoms with Gasteiger partial charge in [-0.05, 0) is 54.7 Å². The van der Waals surface area contributed by atoms with E-state index in [1.807, 2.05) is 11.0 Å². The molecule has 4 aromatic rings. The van der Waals surface area contributed by atoms with E-state index >= 15 is 0 Å². The lowest BCUT2D eigenvalue weighted by atomic mass is 9.89. The molecule has 1 aliphatic heterocycles. The highest BCUT2D eigenvalue weighted by Gasteiger charge is 2.27. The Hall–Kier alpha value is -3.34. The zero-order chi connectivity index (χ0) is 19.8. The highest BCUT2D eigenvalue weighted by atomic mass is 19.1. The van der Waals surface area contributed by atoms with Gasteiger partial charge in [0.2, 0.25) is 0 Å². The zero-order valence-corrected chi connectivity index (χ0v) is 15.9. The molecule has 0 bridgehead atoms. The predicted molar refractivity (Wildman–Crippen MR) is 110 cm³/mol. The molecule has 0 saturated carbocycles. The van der Waals surface area contributed by atoms with Gasteiger partial charge in [0.05, 0.1) is 5.56 Å². The molecule has 1 amide bonds. The van der Waals surface area contributed by atoms with Crippen molar-refractivity contribution in [3.63, 3.8) is 0 Å². The van der Waals surface area contributed by atoms with E-state index in [0.717, 1.165) is 18.4 Å². The van der Waals surface area contributed by atoms with Crippen LogP contribution in [-0.4, -0.2) is 28.9 Å². The molecule has 1 aliphatic rings. The van der Waals surface area contributed by atoms with Gasteiger partial charge in [0.15, 0.2) is 5.76 Å². The molecule has 5 heteroatoms. The van der Waals surface area contributed by atoms with Crippen LogP contribution in [0.1, 0.15) is 34.9 Å². The van der Waals surface area contributed by atoms with Gasteiger partial charge >= 0.3 is 0 Å². The van der Waals surface area contributed by atoms with Crippen LogP contribution in [0.15, 0.2) is 71.3 Å². The van der Waals surface area contributed by atoms with Crippen molar-refractivity contribution in [3.05, 3.63) is 84.0 Å². The number of carbonyl (C=O) groups is 1. The number of hydrogen-bond acceptors (Lipinski definition) is 2. The number of rotatable bonds is 3. The average Bonchev–Trinajstić information content (AvgIpc) is 3.41. The molecule has 5 rings (SSSR count). The number of para-hydroxylation sites is 1. The quantitative estimate of drug-likeness (QED) is 0.498. The Kier molecular flexibility index (Phi) is 4.43. The summed E-state index contributed by atoms with van der Waals surface area (Å²) in [7, 11) is 0. The van der Waals surface area contributed by atoms with Crippen LogP contribution in [0.4, 0.5) is 4.39 Å². The van der Waals surface area contributed by atoms with Crippen molar-refractivity contribution >= 4 is 16.8 Å². The second-order valence-corrected chi connectivity index (χ2v) is 7.50. The third kappa shape index (κ3) is 3.23. The van der Waals surface area contributed by atoms with Crippen molar-refractivity contribution in [2.75, 3.05) is 13.1 Å². The fourth-order valence-electron chi connectivity index (χ4n) is 4.24. The summed E-state index contributed by atoms with van der Waals surface area (Å²) in [6, 6.07) is 18.0. The number of nitrogens with one attached hydrogen (secondary N) is 1. The molecule has 0 aliphatic carbocycles. The number of nitrogens with zero attached hydrogens (tertiary/aromatic N) is 1. The molecule has 0 atom stereocenters. The van der Waals surface area contributed by atoms with Crippen molar-refractivity contribution in [3.8, 4) is 11.3 Å². The van der Waals surface area contributed by atoms with E-state index in [9.17, 15) is 9.18 Å². The minimum absolute atomic E-state index is 0.134. The van der Waals surface area contributed by atoms with Gasteiger partial charge in [-0.15, -0.1) is 0 Å². The second-order valence-electron chi connectivity index (χ2n) is 7.50. The van der Waals surface area contributed by atoms with E-state index in [1.54, 1.807) is 30.3 Å². The molecule has 4 nitrogen and oxygen atoms in total. The summed E-state index contributed by atoms with van der Waals surface area (Å²) >= 11 is 0. The smallest absolute Gasteiger partial charge is 0.289 e. The fraction of sp³-hybridized carbons (Fsp3) is 0.208. The Morgan fingerprint density at radius 2 is 1.76 bits per heavy atom. The predicted octanol–water partition coefficient (Wildman–Crippen LogP) is 5.59. The maximum atomic E-state index is 14.0. The monoisotopic (exact) mass is 388 g/mol. The number of aromatic nitrogens is 1. The van der Waals surface area contributed by atoms with Gasteiger partial charge < -0.3 is 14.3 Å². The van der Waals surface area contributed by atoms with E-state index in [2.05, 4.69) is 29.4 Å². The standard InChI is InChI=1S/C24H21FN2O2/c25-20-7-3-1-6-18(20)22-9-10-23(29-22)24(28)27-13-11-16(12-14-27)19-15-26-21-8-4-2-5-17(19)21/h1-10,15-16,26H,11-14H2. The Labute approximate surface area is 168 Å². The summed E-state index contributed by atoms with van der Waals surface area (Å²) in [5.41, 5.74) is 2.84. The minimum Gasteiger partial charge on any atom is -0.451 e. The minimum atomic E-state index is -0.361. The normalized spacial score (nSPS) is 15.1. The Morgan fingerprint density at radius 3 is 2.59 bits per heavy atom. The number of halogens is 1. The van der Waals surface area contributed by atoms with Crippen LogP contribution in [0.3, 0.4) is 0 Å². The lowest BCUT2D eigenvalue weighted by Crippen LogP contribution is -2.37. The maximum Gasteiger partial charge on any atom is 0.289 e. The highest BCUT2D eigenvalue weighted by Crippen LogP contribution is 2.34. The number of furan rings is 1. The van der Waals surface area contributed by atoms with Crippen LogP contribution in [0, 0.1) is 5.82 Å². The molecule has 2 aromatic heterocycles. The Morgan fingerprint density at radius 1 is 1.00 bits per heavy atom. The number of piperidine rings is 1. The van der Waals surface area contributed by atoms with Crippen LogP contribution < -0.4 is 0 Å². The second kappa shape index (κ2) is 7.24. The number of fused-ring (bicyclic) bond motifs is 1. The molecular weight excluding hydrogens is 367 g/mol. The number of carbonyl (C=O) groups excluding carboxylic acids is 1. The Bertz CT molecular complexity index is 1170. The molecule has 1 saturated heterocycles. The summed E-state index contributed by atoms with van der Waals surface area (Å²) < 4.78 is 19.7. The van der Waals surface area contributed by atoms with Crippen LogP contribution in [0.2, 0.25) is 0 Å². The third-order valence-corrected chi connectivity index (χ3v) is 5.80. The molecule has 0 radical (unpaired) electrons. The topological polar surface area (TPSA) is 49.2 Å². The number of benzene rings is 2. The SMILES string of the molecule is O=C(c1ccc(-c2ccccc2F)o1)N1CCC(c2c[nH]c3ccccc23)CC1. The first kappa shape index (κ1) is 17.7. The van der Waals surface area contributed by atoms with E-state index in [0.29, 0.717) is 30.3 Å². The van der Waals surface area contributed by atoms with Crippen molar-refractivity contribution < 1.29 is 13.6 Å². The van der Waals surface area contributed by atoms with Gasteiger partial charge in [-0.3, -0.25) is 4.79 Å².